The summed E-state index contributed by atoms with van der Waals surface area (Å²) in [5, 5.41) is 11.1. The van der Waals surface area contributed by atoms with Crippen LogP contribution in [0.4, 0.5) is 0 Å². The van der Waals surface area contributed by atoms with E-state index in [1.165, 1.54) is 14.2 Å². The summed E-state index contributed by atoms with van der Waals surface area (Å²) in [4.78, 5) is 33.3. The Labute approximate surface area is 104 Å². The van der Waals surface area contributed by atoms with E-state index in [1.807, 2.05) is 0 Å². The molecule has 0 aromatic rings. The topological polar surface area (TPSA) is 128 Å². The van der Waals surface area contributed by atoms with Crippen molar-refractivity contribution in [3.05, 3.63) is 0 Å². The van der Waals surface area contributed by atoms with Gasteiger partial charge in [-0.25, -0.2) is 4.79 Å². The van der Waals surface area contributed by atoms with Gasteiger partial charge in [-0.05, 0) is 6.42 Å². The highest BCUT2D eigenvalue weighted by Crippen LogP contribution is 2.01. The van der Waals surface area contributed by atoms with Gasteiger partial charge in [-0.1, -0.05) is 0 Å². The summed E-state index contributed by atoms with van der Waals surface area (Å²) in [5.41, 5.74) is 5.27. The van der Waals surface area contributed by atoms with Gasteiger partial charge in [0.25, 0.3) is 5.91 Å². The number of carboxylic acid groups (broad SMARTS) is 1. The molecular weight excluding hydrogens is 244 g/mol. The van der Waals surface area contributed by atoms with Crippen LogP contribution in [-0.4, -0.2) is 55.9 Å². The molecule has 0 saturated heterocycles. The van der Waals surface area contributed by atoms with Crippen LogP contribution in [0.1, 0.15) is 12.8 Å². The van der Waals surface area contributed by atoms with Gasteiger partial charge < -0.3 is 25.6 Å². The Kier molecular flexibility index (Phi) is 7.64. The SMILES string of the molecule is COC(=O)CC[C@H](NC(=O)C(CN)OC)C(=O)O. The van der Waals surface area contributed by atoms with Crippen molar-refractivity contribution in [2.75, 3.05) is 20.8 Å². The monoisotopic (exact) mass is 262 g/mol. The summed E-state index contributed by atoms with van der Waals surface area (Å²) in [6.07, 6.45) is -1.08. The van der Waals surface area contributed by atoms with Gasteiger partial charge in [0.2, 0.25) is 0 Å². The van der Waals surface area contributed by atoms with Gasteiger partial charge in [-0.15, -0.1) is 0 Å². The van der Waals surface area contributed by atoms with Crippen molar-refractivity contribution in [3.63, 3.8) is 0 Å². The van der Waals surface area contributed by atoms with E-state index in [9.17, 15) is 14.4 Å². The van der Waals surface area contributed by atoms with E-state index in [4.69, 9.17) is 15.6 Å². The number of carboxylic acids is 1. The number of carbonyl (C=O) groups excluding carboxylic acids is 2. The number of nitrogens with two attached hydrogens (primary N) is 1. The van der Waals surface area contributed by atoms with Crippen LogP contribution in [0.25, 0.3) is 0 Å². The third kappa shape index (κ3) is 5.60. The molecular formula is C10H18N2O6. The van der Waals surface area contributed by atoms with Crippen molar-refractivity contribution in [2.45, 2.75) is 25.0 Å². The summed E-state index contributed by atoms with van der Waals surface area (Å²) in [6.45, 7) is -0.0638. The zero-order valence-corrected chi connectivity index (χ0v) is 10.3. The minimum atomic E-state index is -1.24. The maximum atomic E-state index is 11.5. The molecule has 0 saturated carbocycles. The molecule has 0 heterocycles. The predicted octanol–water partition coefficient (Wildman–Crippen LogP) is -1.52. The van der Waals surface area contributed by atoms with Crippen LogP contribution in [0.3, 0.4) is 0 Å². The predicted molar refractivity (Wildman–Crippen MR) is 60.7 cm³/mol. The van der Waals surface area contributed by atoms with Crippen LogP contribution in [0.5, 0.6) is 0 Å². The van der Waals surface area contributed by atoms with Gasteiger partial charge in [-0.2, -0.15) is 0 Å². The van der Waals surface area contributed by atoms with Crippen molar-refractivity contribution >= 4 is 17.8 Å². The zero-order valence-electron chi connectivity index (χ0n) is 10.3. The van der Waals surface area contributed by atoms with Crippen LogP contribution in [0, 0.1) is 0 Å². The number of carbonyl (C=O) groups is 3. The van der Waals surface area contributed by atoms with Crippen LogP contribution in [0.2, 0.25) is 0 Å². The van der Waals surface area contributed by atoms with Crippen molar-refractivity contribution in [3.8, 4) is 0 Å². The molecule has 4 N–H and O–H groups in total. The number of esters is 1. The van der Waals surface area contributed by atoms with Gasteiger partial charge in [-0.3, -0.25) is 9.59 Å². The molecule has 2 atom stereocenters. The van der Waals surface area contributed by atoms with Gasteiger partial charge in [0.15, 0.2) is 0 Å². The first-order valence-electron chi connectivity index (χ1n) is 5.29. The summed E-state index contributed by atoms with van der Waals surface area (Å²) >= 11 is 0. The molecule has 1 unspecified atom stereocenters. The smallest absolute Gasteiger partial charge is 0.326 e. The lowest BCUT2D eigenvalue weighted by molar-refractivity contribution is -0.145. The maximum absolute atomic E-state index is 11.5. The second kappa shape index (κ2) is 8.43. The Balaban J connectivity index is 4.40. The lowest BCUT2D eigenvalue weighted by atomic mass is 10.1. The average Bonchev–Trinajstić information content (AvgIpc) is 2.34. The molecule has 0 aliphatic carbocycles. The van der Waals surface area contributed by atoms with E-state index >= 15 is 0 Å². The Bertz CT molecular complexity index is 303. The summed E-state index contributed by atoms with van der Waals surface area (Å²) in [5.74, 6) is -2.41. The lowest BCUT2D eigenvalue weighted by Crippen LogP contribution is -2.48. The van der Waals surface area contributed by atoms with Crippen LogP contribution >= 0.6 is 0 Å². The summed E-state index contributed by atoms with van der Waals surface area (Å²) in [7, 11) is 2.49. The fourth-order valence-corrected chi connectivity index (χ4v) is 1.20. The Morgan fingerprint density at radius 2 is 1.94 bits per heavy atom. The van der Waals surface area contributed by atoms with E-state index < -0.39 is 30.0 Å². The molecule has 0 aromatic carbocycles. The first-order valence-corrected chi connectivity index (χ1v) is 5.29. The van der Waals surface area contributed by atoms with Crippen molar-refractivity contribution in [1.82, 2.24) is 5.32 Å². The Morgan fingerprint density at radius 3 is 2.33 bits per heavy atom. The lowest BCUT2D eigenvalue weighted by Gasteiger charge is -2.18. The molecule has 0 bridgehead atoms. The number of rotatable bonds is 8. The largest absolute Gasteiger partial charge is 0.480 e. The highest BCUT2D eigenvalue weighted by atomic mass is 16.5. The van der Waals surface area contributed by atoms with E-state index in [1.54, 1.807) is 0 Å². The molecule has 1 amide bonds. The fourth-order valence-electron chi connectivity index (χ4n) is 1.20. The molecule has 0 rings (SSSR count). The van der Waals surface area contributed by atoms with E-state index in [0.29, 0.717) is 0 Å². The Hall–Kier alpha value is -1.67. The van der Waals surface area contributed by atoms with Gasteiger partial charge in [0.05, 0.1) is 7.11 Å². The van der Waals surface area contributed by atoms with Crippen molar-refractivity contribution in [2.24, 2.45) is 5.73 Å². The number of nitrogens with one attached hydrogen (secondary N) is 1. The highest BCUT2D eigenvalue weighted by molar-refractivity contribution is 5.86. The van der Waals surface area contributed by atoms with Crippen molar-refractivity contribution < 1.29 is 29.0 Å². The third-order valence-corrected chi connectivity index (χ3v) is 2.27. The second-order valence-corrected chi connectivity index (χ2v) is 3.47. The van der Waals surface area contributed by atoms with E-state index in [2.05, 4.69) is 10.1 Å². The molecule has 8 heteroatoms. The number of hydrogen-bond acceptors (Lipinski definition) is 6. The van der Waals surface area contributed by atoms with Crippen LogP contribution < -0.4 is 11.1 Å². The summed E-state index contributed by atoms with van der Waals surface area (Å²) < 4.78 is 9.15. The molecule has 104 valence electrons. The molecule has 0 aliphatic heterocycles. The van der Waals surface area contributed by atoms with Gasteiger partial charge >= 0.3 is 11.9 Å². The van der Waals surface area contributed by atoms with E-state index in [-0.39, 0.29) is 19.4 Å². The third-order valence-electron chi connectivity index (χ3n) is 2.27. The molecule has 0 radical (unpaired) electrons. The quantitative estimate of drug-likeness (QED) is 0.453. The zero-order chi connectivity index (χ0) is 14.1. The average molecular weight is 262 g/mol. The number of aliphatic carboxylic acids is 1. The second-order valence-electron chi connectivity index (χ2n) is 3.47. The minimum absolute atomic E-state index is 0.0608. The molecule has 18 heavy (non-hydrogen) atoms. The highest BCUT2D eigenvalue weighted by Gasteiger charge is 2.25. The minimum Gasteiger partial charge on any atom is -0.480 e. The number of amides is 1. The normalized spacial score (nSPS) is 13.5. The standard InChI is InChI=1S/C10H18N2O6/c1-17-7(5-11)9(14)12-6(10(15)16)3-4-8(13)18-2/h6-7H,3-5,11H2,1-2H3,(H,12,14)(H,15,16)/t6-,7?/m0/s1. The Morgan fingerprint density at radius 1 is 1.33 bits per heavy atom. The maximum Gasteiger partial charge on any atom is 0.326 e. The molecule has 0 aromatic heterocycles. The summed E-state index contributed by atoms with van der Waals surface area (Å²) in [6, 6.07) is -1.18. The molecule has 8 nitrogen and oxygen atoms in total. The molecule has 0 spiro atoms. The molecule has 0 fully saturated rings. The van der Waals surface area contributed by atoms with Crippen LogP contribution in [-0.2, 0) is 23.9 Å². The number of methoxy groups -OCH3 is 2. The number of hydrogen-bond donors (Lipinski definition) is 3. The first-order chi connectivity index (χ1) is 8.46. The number of ether oxygens (including phenoxy) is 2. The first kappa shape index (κ1) is 16.3. The van der Waals surface area contributed by atoms with Crippen LogP contribution in [0.15, 0.2) is 0 Å². The van der Waals surface area contributed by atoms with Gasteiger partial charge in [0, 0.05) is 20.1 Å². The van der Waals surface area contributed by atoms with Crippen molar-refractivity contribution in [1.29, 1.82) is 0 Å². The van der Waals surface area contributed by atoms with Gasteiger partial charge in [0.1, 0.15) is 12.1 Å². The fraction of sp³-hybridized carbons (Fsp3) is 0.700. The molecule has 0 aliphatic rings. The van der Waals surface area contributed by atoms with E-state index in [0.717, 1.165) is 0 Å².